The maximum atomic E-state index is 13.0. The van der Waals surface area contributed by atoms with Crippen LogP contribution in [-0.4, -0.2) is 25.0 Å². The Morgan fingerprint density at radius 3 is 2.56 bits per heavy atom. The zero-order valence-electron chi connectivity index (χ0n) is 12.9. The number of amides is 2. The van der Waals surface area contributed by atoms with Crippen molar-refractivity contribution in [3.05, 3.63) is 59.7 Å². The van der Waals surface area contributed by atoms with Gasteiger partial charge in [0.25, 0.3) is 5.91 Å². The Morgan fingerprint density at radius 2 is 1.84 bits per heavy atom. The fourth-order valence-electron chi connectivity index (χ4n) is 1.84. The van der Waals surface area contributed by atoms with E-state index in [2.05, 4.69) is 10.6 Å². The molecule has 0 fully saturated rings. The van der Waals surface area contributed by atoms with Crippen LogP contribution < -0.4 is 15.4 Å². The number of nitrogens with zero attached hydrogens (tertiary/aromatic N) is 1. The average molecular weight is 345 g/mol. The molecule has 0 saturated heterocycles. The summed E-state index contributed by atoms with van der Waals surface area (Å²) in [5.74, 6) is -3.05. The molecule has 0 unspecified atom stereocenters. The van der Waals surface area contributed by atoms with Gasteiger partial charge in [-0.05, 0) is 24.3 Å². The van der Waals surface area contributed by atoms with Crippen molar-refractivity contribution >= 4 is 17.5 Å². The van der Waals surface area contributed by atoms with E-state index < -0.39 is 23.4 Å². The lowest BCUT2D eigenvalue weighted by molar-refractivity contribution is -0.125. The lowest BCUT2D eigenvalue weighted by Gasteiger charge is -2.09. The molecular formula is C17H13F2N3O3. The van der Waals surface area contributed by atoms with Crippen LogP contribution in [-0.2, 0) is 9.59 Å². The number of nitrogens with one attached hydrogen (secondary N) is 2. The second kappa shape index (κ2) is 8.40. The van der Waals surface area contributed by atoms with Crippen LogP contribution in [0.4, 0.5) is 14.5 Å². The quantitative estimate of drug-likeness (QED) is 0.837. The molecule has 0 aliphatic rings. The lowest BCUT2D eigenvalue weighted by Crippen LogP contribution is -2.35. The summed E-state index contributed by atoms with van der Waals surface area (Å²) < 4.78 is 31.0. The topological polar surface area (TPSA) is 91.2 Å². The summed E-state index contributed by atoms with van der Waals surface area (Å²) in [5.41, 5.74) is 0.351. The molecule has 0 saturated carbocycles. The second-order valence-corrected chi connectivity index (χ2v) is 4.85. The Hall–Kier alpha value is -3.47. The van der Waals surface area contributed by atoms with Gasteiger partial charge in [0.1, 0.15) is 11.8 Å². The molecule has 6 nitrogen and oxygen atoms in total. The molecule has 0 radical (unpaired) electrons. The third-order valence-electron chi connectivity index (χ3n) is 3.02. The molecule has 0 atom stereocenters. The Kier molecular flexibility index (Phi) is 6.01. The summed E-state index contributed by atoms with van der Waals surface area (Å²) in [7, 11) is 0. The van der Waals surface area contributed by atoms with Gasteiger partial charge in [-0.1, -0.05) is 12.1 Å². The number of ether oxygens (including phenoxy) is 1. The molecule has 0 spiro atoms. The summed E-state index contributed by atoms with van der Waals surface area (Å²) in [6.07, 6.45) is 0. The van der Waals surface area contributed by atoms with Gasteiger partial charge in [0.2, 0.25) is 5.91 Å². The van der Waals surface area contributed by atoms with Gasteiger partial charge in [-0.2, -0.15) is 5.26 Å². The molecule has 8 heteroatoms. The van der Waals surface area contributed by atoms with Crippen molar-refractivity contribution in [3.63, 3.8) is 0 Å². The molecule has 0 aromatic heterocycles. The van der Waals surface area contributed by atoms with Gasteiger partial charge in [0.15, 0.2) is 18.2 Å². The first-order valence-corrected chi connectivity index (χ1v) is 7.13. The van der Waals surface area contributed by atoms with E-state index in [1.54, 1.807) is 24.3 Å². The summed E-state index contributed by atoms with van der Waals surface area (Å²) in [5, 5.41) is 13.5. The van der Waals surface area contributed by atoms with Crippen LogP contribution in [0.15, 0.2) is 42.5 Å². The number of halogens is 2. The molecule has 0 aliphatic carbocycles. The number of hydrogen-bond acceptors (Lipinski definition) is 4. The number of hydrogen-bond donors (Lipinski definition) is 2. The van der Waals surface area contributed by atoms with Crippen LogP contribution in [0.25, 0.3) is 0 Å². The Morgan fingerprint density at radius 1 is 1.08 bits per heavy atom. The van der Waals surface area contributed by atoms with Crippen molar-refractivity contribution in [1.82, 2.24) is 5.32 Å². The third kappa shape index (κ3) is 5.28. The van der Waals surface area contributed by atoms with Crippen LogP contribution in [0.3, 0.4) is 0 Å². The first-order valence-electron chi connectivity index (χ1n) is 7.13. The van der Waals surface area contributed by atoms with E-state index >= 15 is 0 Å². The van der Waals surface area contributed by atoms with Gasteiger partial charge in [0, 0.05) is 11.8 Å². The highest BCUT2D eigenvalue weighted by atomic mass is 19.2. The molecular weight excluding hydrogens is 332 g/mol. The normalized spacial score (nSPS) is 9.80. The predicted octanol–water partition coefficient (Wildman–Crippen LogP) is 1.97. The van der Waals surface area contributed by atoms with Crippen molar-refractivity contribution in [2.75, 3.05) is 18.5 Å². The van der Waals surface area contributed by atoms with E-state index in [9.17, 15) is 18.4 Å². The van der Waals surface area contributed by atoms with Crippen LogP contribution in [0, 0.1) is 23.0 Å². The molecule has 128 valence electrons. The maximum absolute atomic E-state index is 13.0. The van der Waals surface area contributed by atoms with Gasteiger partial charge in [-0.25, -0.2) is 8.78 Å². The van der Waals surface area contributed by atoms with Gasteiger partial charge >= 0.3 is 0 Å². The summed E-state index contributed by atoms with van der Waals surface area (Å²) in [6.45, 7) is -0.752. The molecule has 0 bridgehead atoms. The van der Waals surface area contributed by atoms with Crippen molar-refractivity contribution in [2.45, 2.75) is 0 Å². The van der Waals surface area contributed by atoms with Crippen LogP contribution in [0.2, 0.25) is 0 Å². The van der Waals surface area contributed by atoms with Gasteiger partial charge in [0.05, 0.1) is 12.1 Å². The molecule has 2 rings (SSSR count). The van der Waals surface area contributed by atoms with Gasteiger partial charge in [-0.15, -0.1) is 0 Å². The molecule has 2 aromatic rings. The number of benzene rings is 2. The Labute approximate surface area is 142 Å². The molecule has 25 heavy (non-hydrogen) atoms. The fraction of sp³-hybridized carbons (Fsp3) is 0.118. The average Bonchev–Trinajstić information content (AvgIpc) is 2.61. The Balaban J connectivity index is 1.78. The standard InChI is InChI=1S/C17H13F2N3O3/c18-13-6-5-12(7-14(13)19)22-16(23)9-21-17(24)10-25-15-4-2-1-3-11(15)8-20/h1-7H,9-10H2,(H,21,24)(H,22,23). The number of anilines is 1. The highest BCUT2D eigenvalue weighted by Gasteiger charge is 2.09. The maximum Gasteiger partial charge on any atom is 0.258 e. The van der Waals surface area contributed by atoms with Crippen molar-refractivity contribution in [1.29, 1.82) is 5.26 Å². The van der Waals surface area contributed by atoms with Gasteiger partial charge in [-0.3, -0.25) is 9.59 Å². The minimum atomic E-state index is -1.09. The second-order valence-electron chi connectivity index (χ2n) is 4.85. The molecule has 0 heterocycles. The number of carbonyl (C=O) groups is 2. The SMILES string of the molecule is N#Cc1ccccc1OCC(=O)NCC(=O)Nc1ccc(F)c(F)c1. The zero-order chi connectivity index (χ0) is 18.2. The van der Waals surface area contributed by atoms with Crippen molar-refractivity contribution in [2.24, 2.45) is 0 Å². The van der Waals surface area contributed by atoms with Gasteiger partial charge < -0.3 is 15.4 Å². The highest BCUT2D eigenvalue weighted by molar-refractivity contribution is 5.94. The highest BCUT2D eigenvalue weighted by Crippen LogP contribution is 2.16. The smallest absolute Gasteiger partial charge is 0.258 e. The first-order chi connectivity index (χ1) is 12.0. The minimum absolute atomic E-state index is 0.0670. The molecule has 2 N–H and O–H groups in total. The fourth-order valence-corrected chi connectivity index (χ4v) is 1.84. The first kappa shape index (κ1) is 17.9. The zero-order valence-corrected chi connectivity index (χ0v) is 12.9. The van der Waals surface area contributed by atoms with Crippen molar-refractivity contribution in [3.8, 4) is 11.8 Å². The van der Waals surface area contributed by atoms with Crippen molar-refractivity contribution < 1.29 is 23.1 Å². The van der Waals surface area contributed by atoms with E-state index in [0.29, 0.717) is 0 Å². The predicted molar refractivity (Wildman–Crippen MR) is 84.6 cm³/mol. The van der Waals surface area contributed by atoms with Crippen LogP contribution >= 0.6 is 0 Å². The summed E-state index contributed by atoms with van der Waals surface area (Å²) in [6, 6.07) is 11.2. The molecule has 2 aromatic carbocycles. The van der Waals surface area contributed by atoms with Crippen LogP contribution in [0.1, 0.15) is 5.56 Å². The minimum Gasteiger partial charge on any atom is -0.482 e. The van der Waals surface area contributed by atoms with E-state index in [4.69, 9.17) is 10.00 Å². The van der Waals surface area contributed by atoms with E-state index in [1.165, 1.54) is 6.07 Å². The van der Waals surface area contributed by atoms with E-state index in [0.717, 1.165) is 12.1 Å². The van der Waals surface area contributed by atoms with Crippen LogP contribution in [0.5, 0.6) is 5.75 Å². The largest absolute Gasteiger partial charge is 0.482 e. The third-order valence-corrected chi connectivity index (χ3v) is 3.02. The number of para-hydroxylation sites is 1. The molecule has 0 aliphatic heterocycles. The number of rotatable bonds is 6. The van der Waals surface area contributed by atoms with E-state index in [-0.39, 0.29) is 30.2 Å². The summed E-state index contributed by atoms with van der Waals surface area (Å²) >= 11 is 0. The molecule has 2 amide bonds. The lowest BCUT2D eigenvalue weighted by atomic mass is 10.2. The summed E-state index contributed by atoms with van der Waals surface area (Å²) in [4.78, 5) is 23.3. The van der Waals surface area contributed by atoms with E-state index in [1.807, 2.05) is 6.07 Å². The Bertz CT molecular complexity index is 834. The number of nitriles is 1. The number of carbonyl (C=O) groups excluding carboxylic acids is 2. The monoisotopic (exact) mass is 345 g/mol.